The largest absolute Gasteiger partial charge is 0.349 e. The molecule has 0 saturated heterocycles. The molecule has 28 heavy (non-hydrogen) atoms. The Morgan fingerprint density at radius 2 is 1.68 bits per heavy atom. The van der Waals surface area contributed by atoms with Crippen LogP contribution in [0.2, 0.25) is 5.02 Å². The Bertz CT molecular complexity index is 937. The molecule has 1 aliphatic rings. The number of carbonyl (C=O) groups is 1. The molecule has 1 N–H and O–H groups in total. The highest BCUT2D eigenvalue weighted by Gasteiger charge is 2.25. The van der Waals surface area contributed by atoms with Crippen molar-refractivity contribution in [3.63, 3.8) is 0 Å². The standard InChI is InChI=1S/C21H25ClN2O3S/c1-24(2)28(26,27)20-14-17(10-13-19(20)22)21(25)23-18-11-8-16(9-12-18)15-6-4-3-5-7-15/h3-7,10,13-14,16,18H,8-9,11-12H2,1-2H3,(H,23,25). The molecule has 0 bridgehead atoms. The van der Waals surface area contributed by atoms with E-state index in [1.165, 1.54) is 31.8 Å². The summed E-state index contributed by atoms with van der Waals surface area (Å²) >= 11 is 6.06. The highest BCUT2D eigenvalue weighted by atomic mass is 35.5. The van der Waals surface area contributed by atoms with E-state index in [1.807, 2.05) is 6.07 Å². The number of hydrogen-bond donors (Lipinski definition) is 1. The van der Waals surface area contributed by atoms with Crippen molar-refractivity contribution in [1.82, 2.24) is 9.62 Å². The van der Waals surface area contributed by atoms with Crippen molar-refractivity contribution in [3.05, 3.63) is 64.7 Å². The van der Waals surface area contributed by atoms with Gasteiger partial charge in [0.1, 0.15) is 4.90 Å². The van der Waals surface area contributed by atoms with Crippen LogP contribution in [0.1, 0.15) is 47.5 Å². The summed E-state index contributed by atoms with van der Waals surface area (Å²) in [5.41, 5.74) is 1.65. The molecule has 150 valence electrons. The second-order valence-electron chi connectivity index (χ2n) is 7.37. The minimum Gasteiger partial charge on any atom is -0.349 e. The Kier molecular flexibility index (Phi) is 6.43. The summed E-state index contributed by atoms with van der Waals surface area (Å²) in [7, 11) is -0.845. The van der Waals surface area contributed by atoms with Crippen molar-refractivity contribution < 1.29 is 13.2 Å². The lowest BCUT2D eigenvalue weighted by Crippen LogP contribution is -2.37. The second kappa shape index (κ2) is 8.64. The number of nitrogens with one attached hydrogen (secondary N) is 1. The smallest absolute Gasteiger partial charge is 0.251 e. The minimum atomic E-state index is -3.71. The Labute approximate surface area is 171 Å². The van der Waals surface area contributed by atoms with Crippen molar-refractivity contribution in [1.29, 1.82) is 0 Å². The van der Waals surface area contributed by atoms with Crippen molar-refractivity contribution in [3.8, 4) is 0 Å². The van der Waals surface area contributed by atoms with E-state index in [1.54, 1.807) is 6.07 Å². The monoisotopic (exact) mass is 420 g/mol. The molecular formula is C21H25ClN2O3S. The fourth-order valence-corrected chi connectivity index (χ4v) is 5.00. The van der Waals surface area contributed by atoms with Crippen LogP contribution < -0.4 is 5.32 Å². The van der Waals surface area contributed by atoms with Gasteiger partial charge < -0.3 is 5.32 Å². The molecule has 0 spiro atoms. The van der Waals surface area contributed by atoms with E-state index < -0.39 is 10.0 Å². The fourth-order valence-electron chi connectivity index (χ4n) is 3.60. The summed E-state index contributed by atoms with van der Waals surface area (Å²) in [6.45, 7) is 0. The number of halogens is 1. The third-order valence-electron chi connectivity index (χ3n) is 5.29. The van der Waals surface area contributed by atoms with Crippen LogP contribution >= 0.6 is 11.6 Å². The molecule has 1 amide bonds. The summed E-state index contributed by atoms with van der Waals surface area (Å²) in [5, 5.41) is 3.15. The lowest BCUT2D eigenvalue weighted by molar-refractivity contribution is 0.0925. The maximum atomic E-state index is 12.7. The Balaban J connectivity index is 1.66. The first kappa shape index (κ1) is 20.8. The van der Waals surface area contributed by atoms with Gasteiger partial charge in [-0.3, -0.25) is 4.79 Å². The summed E-state index contributed by atoms with van der Waals surface area (Å²) in [4.78, 5) is 12.6. The predicted octanol–water partition coefficient (Wildman–Crippen LogP) is 4.05. The summed E-state index contributed by atoms with van der Waals surface area (Å²) < 4.78 is 25.9. The van der Waals surface area contributed by atoms with Gasteiger partial charge in [0.25, 0.3) is 5.91 Å². The van der Waals surface area contributed by atoms with Crippen LogP contribution in [-0.4, -0.2) is 38.8 Å². The Morgan fingerprint density at radius 3 is 2.29 bits per heavy atom. The molecule has 1 fully saturated rings. The van der Waals surface area contributed by atoms with E-state index in [9.17, 15) is 13.2 Å². The molecule has 0 aliphatic heterocycles. The first-order valence-corrected chi connectivity index (χ1v) is 11.2. The average Bonchev–Trinajstić information content (AvgIpc) is 2.69. The molecule has 0 radical (unpaired) electrons. The number of rotatable bonds is 5. The maximum Gasteiger partial charge on any atom is 0.251 e. The van der Waals surface area contributed by atoms with Gasteiger partial charge in [-0.1, -0.05) is 41.9 Å². The van der Waals surface area contributed by atoms with Gasteiger partial charge in [0, 0.05) is 25.7 Å². The number of benzene rings is 2. The van der Waals surface area contributed by atoms with E-state index in [-0.39, 0.29) is 21.9 Å². The van der Waals surface area contributed by atoms with Gasteiger partial charge in [-0.2, -0.15) is 0 Å². The molecule has 7 heteroatoms. The summed E-state index contributed by atoms with van der Waals surface area (Å²) in [6, 6.07) is 14.9. The molecule has 1 saturated carbocycles. The fraction of sp³-hybridized carbons (Fsp3) is 0.381. The Hall–Kier alpha value is -1.89. The van der Waals surface area contributed by atoms with E-state index in [0.29, 0.717) is 11.5 Å². The van der Waals surface area contributed by atoms with Crippen LogP contribution in [0.5, 0.6) is 0 Å². The highest BCUT2D eigenvalue weighted by Crippen LogP contribution is 2.33. The summed E-state index contributed by atoms with van der Waals surface area (Å²) in [6.07, 6.45) is 3.86. The van der Waals surface area contributed by atoms with Crippen LogP contribution in [0.25, 0.3) is 0 Å². The van der Waals surface area contributed by atoms with Crippen molar-refractivity contribution in [2.24, 2.45) is 0 Å². The molecule has 2 aromatic carbocycles. The predicted molar refractivity (Wildman–Crippen MR) is 111 cm³/mol. The number of nitrogens with zero attached hydrogens (tertiary/aromatic N) is 1. The average molecular weight is 421 g/mol. The third-order valence-corrected chi connectivity index (χ3v) is 7.58. The van der Waals surface area contributed by atoms with Crippen LogP contribution in [-0.2, 0) is 10.0 Å². The molecule has 0 unspecified atom stereocenters. The number of amides is 1. The first-order valence-electron chi connectivity index (χ1n) is 9.37. The lowest BCUT2D eigenvalue weighted by atomic mass is 9.82. The second-order valence-corrected chi connectivity index (χ2v) is 9.89. The van der Waals surface area contributed by atoms with Gasteiger partial charge in [-0.25, -0.2) is 12.7 Å². The lowest BCUT2D eigenvalue weighted by Gasteiger charge is -2.29. The number of sulfonamides is 1. The van der Waals surface area contributed by atoms with Crippen molar-refractivity contribution >= 4 is 27.5 Å². The normalized spacial score (nSPS) is 20.1. The van der Waals surface area contributed by atoms with E-state index >= 15 is 0 Å². The van der Waals surface area contributed by atoms with E-state index in [0.717, 1.165) is 30.0 Å². The quantitative estimate of drug-likeness (QED) is 0.793. The molecule has 0 heterocycles. The minimum absolute atomic E-state index is 0.0559. The van der Waals surface area contributed by atoms with Crippen LogP contribution in [0, 0.1) is 0 Å². The highest BCUT2D eigenvalue weighted by molar-refractivity contribution is 7.89. The van der Waals surface area contributed by atoms with E-state index in [2.05, 4.69) is 29.6 Å². The molecule has 5 nitrogen and oxygen atoms in total. The zero-order chi connectivity index (χ0) is 20.3. The van der Waals surface area contributed by atoms with Gasteiger partial charge in [-0.05, 0) is 55.4 Å². The molecular weight excluding hydrogens is 396 g/mol. The molecule has 1 aliphatic carbocycles. The topological polar surface area (TPSA) is 66.5 Å². The molecule has 0 atom stereocenters. The van der Waals surface area contributed by atoms with Gasteiger partial charge in [0.2, 0.25) is 10.0 Å². The SMILES string of the molecule is CN(C)S(=O)(=O)c1cc(C(=O)NC2CCC(c3ccccc3)CC2)ccc1Cl. The third kappa shape index (κ3) is 4.57. The maximum absolute atomic E-state index is 12.7. The van der Waals surface area contributed by atoms with Crippen LogP contribution in [0.4, 0.5) is 0 Å². The van der Waals surface area contributed by atoms with Gasteiger partial charge in [0.05, 0.1) is 5.02 Å². The molecule has 0 aromatic heterocycles. The molecule has 2 aromatic rings. The first-order chi connectivity index (χ1) is 13.3. The zero-order valence-electron chi connectivity index (χ0n) is 16.1. The zero-order valence-corrected chi connectivity index (χ0v) is 17.6. The summed E-state index contributed by atoms with van der Waals surface area (Å²) in [5.74, 6) is 0.261. The molecule has 3 rings (SSSR count). The number of carbonyl (C=O) groups excluding carboxylic acids is 1. The number of hydrogen-bond acceptors (Lipinski definition) is 3. The van der Waals surface area contributed by atoms with Crippen molar-refractivity contribution in [2.75, 3.05) is 14.1 Å². The van der Waals surface area contributed by atoms with Gasteiger partial charge in [-0.15, -0.1) is 0 Å². The van der Waals surface area contributed by atoms with Gasteiger partial charge in [0.15, 0.2) is 0 Å². The van der Waals surface area contributed by atoms with E-state index in [4.69, 9.17) is 11.6 Å². The Morgan fingerprint density at radius 1 is 1.04 bits per heavy atom. The van der Waals surface area contributed by atoms with Crippen LogP contribution in [0.3, 0.4) is 0 Å². The van der Waals surface area contributed by atoms with Crippen molar-refractivity contribution in [2.45, 2.75) is 42.5 Å². The van der Waals surface area contributed by atoms with Crippen LogP contribution in [0.15, 0.2) is 53.4 Å². The van der Waals surface area contributed by atoms with Gasteiger partial charge >= 0.3 is 0 Å².